The average molecular weight is 206 g/mol. The zero-order chi connectivity index (χ0) is 11.3. The van der Waals surface area contributed by atoms with Crippen LogP contribution >= 0.6 is 0 Å². The molecule has 1 rings (SSSR count). The first-order chi connectivity index (χ1) is 7.17. The number of esters is 1. The molecule has 0 saturated heterocycles. The van der Waals surface area contributed by atoms with E-state index in [2.05, 4.69) is 4.74 Å². The first-order valence-corrected chi connectivity index (χ1v) is 4.79. The van der Waals surface area contributed by atoms with Gasteiger partial charge in [0.15, 0.2) is 0 Å². The number of aryl methyl sites for hydroxylation is 2. The molecule has 0 radical (unpaired) electrons. The van der Waals surface area contributed by atoms with Crippen molar-refractivity contribution in [1.29, 1.82) is 0 Å². The maximum atomic E-state index is 10.9. The molecule has 0 atom stereocenters. The summed E-state index contributed by atoms with van der Waals surface area (Å²) in [6.07, 6.45) is 1.85. The van der Waals surface area contributed by atoms with Gasteiger partial charge in [-0.25, -0.2) is 0 Å². The molecule has 3 heteroatoms. The van der Waals surface area contributed by atoms with E-state index in [-0.39, 0.29) is 5.97 Å². The van der Waals surface area contributed by atoms with Gasteiger partial charge in [0, 0.05) is 12.0 Å². The van der Waals surface area contributed by atoms with Crippen molar-refractivity contribution in [2.45, 2.75) is 19.8 Å². The summed E-state index contributed by atoms with van der Waals surface area (Å²) < 4.78 is 4.55. The number of aldehydes is 1. The predicted octanol–water partition coefficient (Wildman–Crippen LogP) is 1.91. The minimum absolute atomic E-state index is 0.216. The Morgan fingerprint density at radius 3 is 2.73 bits per heavy atom. The number of methoxy groups -OCH3 is 1. The number of carbonyl (C=O) groups is 2. The van der Waals surface area contributed by atoms with Gasteiger partial charge in [0.1, 0.15) is 6.29 Å². The molecule has 0 saturated carbocycles. The third kappa shape index (κ3) is 3.20. The number of carbonyl (C=O) groups excluding carboxylic acids is 2. The van der Waals surface area contributed by atoms with Crippen LogP contribution in [0.4, 0.5) is 0 Å². The van der Waals surface area contributed by atoms with Crippen LogP contribution < -0.4 is 0 Å². The second kappa shape index (κ2) is 5.29. The van der Waals surface area contributed by atoms with Crippen molar-refractivity contribution in [2.75, 3.05) is 7.11 Å². The molecular weight excluding hydrogens is 192 g/mol. The Hall–Kier alpha value is -1.64. The molecule has 0 amide bonds. The highest BCUT2D eigenvalue weighted by atomic mass is 16.5. The van der Waals surface area contributed by atoms with Gasteiger partial charge in [-0.2, -0.15) is 0 Å². The summed E-state index contributed by atoms with van der Waals surface area (Å²) in [6, 6.07) is 5.56. The van der Waals surface area contributed by atoms with Crippen LogP contribution in [0.25, 0.3) is 0 Å². The van der Waals surface area contributed by atoms with Crippen molar-refractivity contribution < 1.29 is 14.3 Å². The highest BCUT2D eigenvalue weighted by molar-refractivity contribution is 5.77. The fourth-order valence-electron chi connectivity index (χ4n) is 1.37. The Kier molecular flexibility index (Phi) is 4.03. The standard InChI is InChI=1S/C12H14O3/c1-9-7-10(3-5-11(9)8-13)4-6-12(14)15-2/h3,5,7-8H,4,6H2,1-2H3. The quantitative estimate of drug-likeness (QED) is 0.558. The predicted molar refractivity (Wildman–Crippen MR) is 56.9 cm³/mol. The Bertz CT molecular complexity index is 369. The van der Waals surface area contributed by atoms with Gasteiger partial charge in [0.25, 0.3) is 0 Å². The molecule has 1 aromatic carbocycles. The maximum absolute atomic E-state index is 10.9. The monoisotopic (exact) mass is 206 g/mol. The number of benzene rings is 1. The van der Waals surface area contributed by atoms with E-state index >= 15 is 0 Å². The first kappa shape index (κ1) is 11.4. The van der Waals surface area contributed by atoms with E-state index in [9.17, 15) is 9.59 Å². The van der Waals surface area contributed by atoms with Crippen LogP contribution in [0.1, 0.15) is 27.9 Å². The summed E-state index contributed by atoms with van der Waals surface area (Å²) >= 11 is 0. The van der Waals surface area contributed by atoms with E-state index in [1.807, 2.05) is 19.1 Å². The molecule has 80 valence electrons. The molecule has 0 aromatic heterocycles. The molecule has 0 unspecified atom stereocenters. The lowest BCUT2D eigenvalue weighted by molar-refractivity contribution is -0.140. The highest BCUT2D eigenvalue weighted by Crippen LogP contribution is 2.11. The molecule has 15 heavy (non-hydrogen) atoms. The van der Waals surface area contributed by atoms with Crippen molar-refractivity contribution in [3.63, 3.8) is 0 Å². The maximum Gasteiger partial charge on any atom is 0.305 e. The zero-order valence-corrected chi connectivity index (χ0v) is 8.95. The summed E-state index contributed by atoms with van der Waals surface area (Å²) in [5.41, 5.74) is 2.67. The minimum Gasteiger partial charge on any atom is -0.469 e. The van der Waals surface area contributed by atoms with Gasteiger partial charge in [-0.3, -0.25) is 9.59 Å². The van der Waals surface area contributed by atoms with Crippen LogP contribution in [-0.4, -0.2) is 19.4 Å². The van der Waals surface area contributed by atoms with Crippen molar-refractivity contribution in [2.24, 2.45) is 0 Å². The van der Waals surface area contributed by atoms with Crippen molar-refractivity contribution in [3.05, 3.63) is 34.9 Å². The second-order valence-electron chi connectivity index (χ2n) is 3.38. The van der Waals surface area contributed by atoms with Crippen LogP contribution in [0.5, 0.6) is 0 Å². The van der Waals surface area contributed by atoms with Gasteiger partial charge in [-0.1, -0.05) is 18.2 Å². The van der Waals surface area contributed by atoms with Crippen molar-refractivity contribution >= 4 is 12.3 Å². The fourth-order valence-corrected chi connectivity index (χ4v) is 1.37. The third-order valence-electron chi connectivity index (χ3n) is 2.31. The summed E-state index contributed by atoms with van der Waals surface area (Å²) in [5.74, 6) is -0.216. The second-order valence-corrected chi connectivity index (χ2v) is 3.38. The topological polar surface area (TPSA) is 43.4 Å². The molecule has 1 aromatic rings. The third-order valence-corrected chi connectivity index (χ3v) is 2.31. The Morgan fingerprint density at radius 1 is 1.47 bits per heavy atom. The Labute approximate surface area is 89.1 Å². The number of hydrogen-bond donors (Lipinski definition) is 0. The SMILES string of the molecule is COC(=O)CCc1ccc(C=O)c(C)c1. The average Bonchev–Trinajstić information content (AvgIpc) is 2.26. The van der Waals surface area contributed by atoms with Crippen LogP contribution in [0.3, 0.4) is 0 Å². The first-order valence-electron chi connectivity index (χ1n) is 4.79. The van der Waals surface area contributed by atoms with Gasteiger partial charge < -0.3 is 4.74 Å². The van der Waals surface area contributed by atoms with Gasteiger partial charge in [0.2, 0.25) is 0 Å². The van der Waals surface area contributed by atoms with Crippen LogP contribution in [-0.2, 0) is 16.0 Å². The molecular formula is C12H14O3. The van der Waals surface area contributed by atoms with Gasteiger partial charge in [-0.15, -0.1) is 0 Å². The van der Waals surface area contributed by atoms with E-state index < -0.39 is 0 Å². The Balaban J connectivity index is 2.67. The molecule has 0 aliphatic carbocycles. The molecule has 0 spiro atoms. The van der Waals surface area contributed by atoms with Crippen LogP contribution in [0.15, 0.2) is 18.2 Å². The fraction of sp³-hybridized carbons (Fsp3) is 0.333. The molecule has 0 bridgehead atoms. The van der Waals surface area contributed by atoms with E-state index in [4.69, 9.17) is 0 Å². The smallest absolute Gasteiger partial charge is 0.305 e. The lowest BCUT2D eigenvalue weighted by Gasteiger charge is -2.03. The molecule has 0 heterocycles. The number of ether oxygens (including phenoxy) is 1. The lowest BCUT2D eigenvalue weighted by atomic mass is 10.0. The van der Waals surface area contributed by atoms with E-state index in [0.29, 0.717) is 18.4 Å². The summed E-state index contributed by atoms with van der Waals surface area (Å²) in [6.45, 7) is 1.88. The lowest BCUT2D eigenvalue weighted by Crippen LogP contribution is -2.02. The van der Waals surface area contributed by atoms with Gasteiger partial charge in [0.05, 0.1) is 7.11 Å². The van der Waals surface area contributed by atoms with Gasteiger partial charge in [-0.05, 0) is 24.5 Å². The van der Waals surface area contributed by atoms with Crippen LogP contribution in [0, 0.1) is 6.92 Å². The highest BCUT2D eigenvalue weighted by Gasteiger charge is 2.03. The molecule has 0 aliphatic heterocycles. The van der Waals surface area contributed by atoms with Gasteiger partial charge >= 0.3 is 5.97 Å². The van der Waals surface area contributed by atoms with Crippen molar-refractivity contribution in [1.82, 2.24) is 0 Å². The largest absolute Gasteiger partial charge is 0.469 e. The minimum atomic E-state index is -0.216. The molecule has 0 aliphatic rings. The molecule has 0 N–H and O–H groups in total. The Morgan fingerprint density at radius 2 is 2.20 bits per heavy atom. The van der Waals surface area contributed by atoms with Crippen molar-refractivity contribution in [3.8, 4) is 0 Å². The summed E-state index contributed by atoms with van der Waals surface area (Å²) in [5, 5.41) is 0. The summed E-state index contributed by atoms with van der Waals surface area (Å²) in [7, 11) is 1.38. The van der Waals surface area contributed by atoms with E-state index in [1.165, 1.54) is 7.11 Å². The van der Waals surface area contributed by atoms with Crippen LogP contribution in [0.2, 0.25) is 0 Å². The molecule has 3 nitrogen and oxygen atoms in total. The normalized spacial score (nSPS) is 9.73. The number of rotatable bonds is 4. The number of hydrogen-bond acceptors (Lipinski definition) is 3. The van der Waals surface area contributed by atoms with E-state index in [0.717, 1.165) is 17.4 Å². The molecule has 0 fully saturated rings. The zero-order valence-electron chi connectivity index (χ0n) is 8.95. The summed E-state index contributed by atoms with van der Waals surface area (Å²) in [4.78, 5) is 21.5. The van der Waals surface area contributed by atoms with E-state index in [1.54, 1.807) is 6.07 Å².